The maximum absolute atomic E-state index is 13.6. The predicted molar refractivity (Wildman–Crippen MR) is 72.2 cm³/mol. The Hall–Kier alpha value is -2.63. The quantitative estimate of drug-likeness (QED) is 0.753. The van der Waals surface area contributed by atoms with Crippen LogP contribution in [0, 0.1) is 19.7 Å². The fraction of sp³-hybridized carbons (Fsp3) is 0.143. The Morgan fingerprint density at radius 2 is 2.20 bits per heavy atom. The number of aromatic nitrogens is 2. The highest BCUT2D eigenvalue weighted by Gasteiger charge is 2.20. The molecule has 3 aromatic rings. The van der Waals surface area contributed by atoms with Gasteiger partial charge in [-0.05, 0) is 19.9 Å². The number of aromatic amines is 1. The number of nitrogens with one attached hydrogen (secondary N) is 2. The van der Waals surface area contributed by atoms with Gasteiger partial charge in [-0.25, -0.2) is 4.39 Å². The molecule has 0 saturated heterocycles. The van der Waals surface area contributed by atoms with Gasteiger partial charge >= 0.3 is 0 Å². The number of halogens is 1. The number of H-pyrrole nitrogens is 1. The average molecular weight is 273 g/mol. The fourth-order valence-electron chi connectivity index (χ4n) is 2.07. The lowest BCUT2D eigenvalue weighted by molar-refractivity contribution is 0.0997. The largest absolute Gasteiger partial charge is 0.448 e. The van der Waals surface area contributed by atoms with Crippen LogP contribution in [0.1, 0.15) is 21.7 Å². The molecule has 1 aromatic carbocycles. The molecule has 0 aliphatic heterocycles. The summed E-state index contributed by atoms with van der Waals surface area (Å²) in [4.78, 5) is 12.2. The molecule has 0 spiro atoms. The zero-order valence-electron chi connectivity index (χ0n) is 11.0. The van der Waals surface area contributed by atoms with Gasteiger partial charge in [0.05, 0.1) is 6.20 Å². The molecule has 0 atom stereocenters. The first-order valence-corrected chi connectivity index (χ1v) is 6.07. The number of hydrogen-bond acceptors (Lipinski definition) is 3. The maximum atomic E-state index is 13.6. The van der Waals surface area contributed by atoms with Crippen molar-refractivity contribution in [2.75, 3.05) is 5.32 Å². The summed E-state index contributed by atoms with van der Waals surface area (Å²) in [5, 5.41) is 9.74. The second-order valence-electron chi connectivity index (χ2n) is 4.55. The minimum Gasteiger partial charge on any atom is -0.448 e. The van der Waals surface area contributed by atoms with Crippen molar-refractivity contribution in [3.05, 3.63) is 47.1 Å². The number of carbonyl (C=O) groups excluding carboxylic acids is 1. The van der Waals surface area contributed by atoms with Crippen LogP contribution in [0.15, 0.2) is 28.8 Å². The van der Waals surface area contributed by atoms with Gasteiger partial charge in [0.2, 0.25) is 0 Å². The number of benzene rings is 1. The average Bonchev–Trinajstić information content (AvgIpc) is 2.96. The van der Waals surface area contributed by atoms with Gasteiger partial charge in [0.25, 0.3) is 5.91 Å². The van der Waals surface area contributed by atoms with Crippen LogP contribution in [-0.4, -0.2) is 16.1 Å². The smallest absolute Gasteiger partial charge is 0.292 e. The second-order valence-corrected chi connectivity index (χ2v) is 4.55. The van der Waals surface area contributed by atoms with Crippen molar-refractivity contribution in [2.24, 2.45) is 0 Å². The van der Waals surface area contributed by atoms with Crippen LogP contribution in [0.25, 0.3) is 11.0 Å². The molecule has 0 bridgehead atoms. The van der Waals surface area contributed by atoms with Gasteiger partial charge < -0.3 is 9.73 Å². The van der Waals surface area contributed by atoms with Crippen LogP contribution in [-0.2, 0) is 0 Å². The third kappa shape index (κ3) is 1.85. The van der Waals surface area contributed by atoms with E-state index in [0.29, 0.717) is 16.8 Å². The molecule has 5 nitrogen and oxygen atoms in total. The third-order valence-electron chi connectivity index (χ3n) is 3.19. The molecular formula is C14H12FN3O2. The zero-order chi connectivity index (χ0) is 14.3. The van der Waals surface area contributed by atoms with Crippen molar-refractivity contribution in [1.82, 2.24) is 10.2 Å². The first-order valence-electron chi connectivity index (χ1n) is 6.07. The normalized spacial score (nSPS) is 10.9. The van der Waals surface area contributed by atoms with Gasteiger partial charge in [0.15, 0.2) is 17.2 Å². The summed E-state index contributed by atoms with van der Waals surface area (Å²) in [6.45, 7) is 3.53. The lowest BCUT2D eigenvalue weighted by atomic mass is 10.1. The van der Waals surface area contributed by atoms with E-state index in [1.807, 2.05) is 6.92 Å². The SMILES string of the molecule is Cc1cn[nH]c1NC(=O)c1oc2c(F)cccc2c1C. The molecule has 2 aromatic heterocycles. The number of furan rings is 1. The Morgan fingerprint density at radius 1 is 1.40 bits per heavy atom. The van der Waals surface area contributed by atoms with Crippen LogP contribution in [0.5, 0.6) is 0 Å². The number of nitrogens with zero attached hydrogens (tertiary/aromatic N) is 1. The Bertz CT molecular complexity index is 804. The molecule has 2 N–H and O–H groups in total. The van der Waals surface area contributed by atoms with Crippen LogP contribution in [0.3, 0.4) is 0 Å². The predicted octanol–water partition coefficient (Wildman–Crippen LogP) is 3.16. The van der Waals surface area contributed by atoms with E-state index in [-0.39, 0.29) is 11.3 Å². The summed E-state index contributed by atoms with van der Waals surface area (Å²) in [6.07, 6.45) is 1.60. The van der Waals surface area contributed by atoms with E-state index in [4.69, 9.17) is 4.42 Å². The van der Waals surface area contributed by atoms with E-state index in [0.717, 1.165) is 5.56 Å². The van der Waals surface area contributed by atoms with E-state index in [9.17, 15) is 9.18 Å². The number of amides is 1. The van der Waals surface area contributed by atoms with Crippen molar-refractivity contribution in [2.45, 2.75) is 13.8 Å². The number of rotatable bonds is 2. The van der Waals surface area contributed by atoms with E-state index >= 15 is 0 Å². The van der Waals surface area contributed by atoms with Crippen molar-refractivity contribution in [3.63, 3.8) is 0 Å². The molecule has 102 valence electrons. The van der Waals surface area contributed by atoms with Gasteiger partial charge in [-0.3, -0.25) is 9.89 Å². The summed E-state index contributed by atoms with van der Waals surface area (Å²) in [5.74, 6) is -0.331. The topological polar surface area (TPSA) is 70.9 Å². The van der Waals surface area contributed by atoms with E-state index in [1.165, 1.54) is 6.07 Å². The lowest BCUT2D eigenvalue weighted by Crippen LogP contribution is -2.13. The second kappa shape index (κ2) is 4.48. The number of carbonyl (C=O) groups is 1. The molecule has 20 heavy (non-hydrogen) atoms. The van der Waals surface area contributed by atoms with E-state index in [1.54, 1.807) is 25.3 Å². The van der Waals surface area contributed by atoms with Gasteiger partial charge in [-0.2, -0.15) is 5.10 Å². The molecule has 3 rings (SSSR count). The molecule has 0 aliphatic rings. The molecule has 0 aliphatic carbocycles. The maximum Gasteiger partial charge on any atom is 0.292 e. The number of para-hydroxylation sites is 1. The van der Waals surface area contributed by atoms with Crippen molar-refractivity contribution in [1.29, 1.82) is 0 Å². The van der Waals surface area contributed by atoms with Gasteiger partial charge in [0, 0.05) is 16.5 Å². The molecule has 2 heterocycles. The third-order valence-corrected chi connectivity index (χ3v) is 3.19. The van der Waals surface area contributed by atoms with Crippen molar-refractivity contribution in [3.8, 4) is 0 Å². The van der Waals surface area contributed by atoms with E-state index in [2.05, 4.69) is 15.5 Å². The minimum atomic E-state index is -0.484. The summed E-state index contributed by atoms with van der Waals surface area (Å²) >= 11 is 0. The number of aryl methyl sites for hydroxylation is 2. The van der Waals surface area contributed by atoms with Crippen LogP contribution >= 0.6 is 0 Å². The minimum absolute atomic E-state index is 0.0940. The molecule has 0 fully saturated rings. The Kier molecular flexibility index (Phi) is 2.78. The molecule has 0 unspecified atom stereocenters. The van der Waals surface area contributed by atoms with Crippen molar-refractivity contribution >= 4 is 22.7 Å². The van der Waals surface area contributed by atoms with Gasteiger partial charge in [0.1, 0.15) is 5.82 Å². The molecule has 0 radical (unpaired) electrons. The van der Waals surface area contributed by atoms with Crippen LogP contribution in [0.4, 0.5) is 10.2 Å². The summed E-state index contributed by atoms with van der Waals surface area (Å²) in [5.41, 5.74) is 1.50. The number of hydrogen-bond donors (Lipinski definition) is 2. The number of fused-ring (bicyclic) bond motifs is 1. The van der Waals surface area contributed by atoms with Crippen LogP contribution < -0.4 is 5.32 Å². The number of anilines is 1. The lowest BCUT2D eigenvalue weighted by Gasteiger charge is -2.01. The molecule has 1 amide bonds. The Labute approximate surface area is 113 Å². The fourth-order valence-corrected chi connectivity index (χ4v) is 2.07. The summed E-state index contributed by atoms with van der Waals surface area (Å²) in [7, 11) is 0. The zero-order valence-corrected chi connectivity index (χ0v) is 11.0. The van der Waals surface area contributed by atoms with Crippen LogP contribution in [0.2, 0.25) is 0 Å². The molecule has 0 saturated carbocycles. The van der Waals surface area contributed by atoms with Gasteiger partial charge in [-0.1, -0.05) is 12.1 Å². The van der Waals surface area contributed by atoms with E-state index < -0.39 is 11.7 Å². The highest BCUT2D eigenvalue weighted by Crippen LogP contribution is 2.27. The highest BCUT2D eigenvalue weighted by molar-refractivity contribution is 6.06. The summed E-state index contributed by atoms with van der Waals surface area (Å²) in [6, 6.07) is 4.60. The molecular weight excluding hydrogens is 261 g/mol. The van der Waals surface area contributed by atoms with Crippen molar-refractivity contribution < 1.29 is 13.6 Å². The summed E-state index contributed by atoms with van der Waals surface area (Å²) < 4.78 is 19.0. The highest BCUT2D eigenvalue weighted by atomic mass is 19.1. The monoisotopic (exact) mass is 273 g/mol. The standard InChI is InChI=1S/C14H12FN3O2/c1-7-6-16-18-13(7)17-14(19)11-8(2)9-4-3-5-10(15)12(9)20-11/h3-6H,1-2H3,(H2,16,17,18,19). The first-order chi connectivity index (χ1) is 9.58. The van der Waals surface area contributed by atoms with Gasteiger partial charge in [-0.15, -0.1) is 0 Å². The first kappa shape index (κ1) is 12.4. The molecule has 6 heteroatoms. The Morgan fingerprint density at radius 3 is 2.85 bits per heavy atom. The Balaban J connectivity index is 2.02.